The van der Waals surface area contributed by atoms with Gasteiger partial charge < -0.3 is 10.5 Å². The molecule has 0 aromatic heterocycles. The van der Waals surface area contributed by atoms with Crippen LogP contribution in [0.1, 0.15) is 24.8 Å². The third-order valence-electron chi connectivity index (χ3n) is 3.67. The standard InChI is InChI=1S/C16H23N3O/c1-20-15-6-4-13(5-7-15)14-8-11-19(12-9-14)10-2-3-16(17)18/h4-8H,2-3,9-12H2,1H3,(H3,17,18). The van der Waals surface area contributed by atoms with E-state index in [-0.39, 0.29) is 5.84 Å². The zero-order valence-corrected chi connectivity index (χ0v) is 12.1. The fourth-order valence-electron chi connectivity index (χ4n) is 2.47. The molecule has 1 aromatic rings. The van der Waals surface area contributed by atoms with E-state index in [0.29, 0.717) is 6.42 Å². The largest absolute Gasteiger partial charge is 0.497 e. The summed E-state index contributed by atoms with van der Waals surface area (Å²) >= 11 is 0. The van der Waals surface area contributed by atoms with Crippen molar-refractivity contribution in [3.05, 3.63) is 35.9 Å². The number of ether oxygens (including phenoxy) is 1. The van der Waals surface area contributed by atoms with Gasteiger partial charge in [-0.05, 0) is 42.7 Å². The second-order valence-corrected chi connectivity index (χ2v) is 5.14. The predicted octanol–water partition coefficient (Wildman–Crippen LogP) is 2.50. The van der Waals surface area contributed by atoms with Crippen molar-refractivity contribution in [2.24, 2.45) is 5.73 Å². The van der Waals surface area contributed by atoms with Crippen LogP contribution in [0.2, 0.25) is 0 Å². The number of nitrogens with zero attached hydrogens (tertiary/aromatic N) is 1. The highest BCUT2D eigenvalue weighted by Gasteiger charge is 2.12. The molecule has 1 heterocycles. The van der Waals surface area contributed by atoms with Crippen molar-refractivity contribution in [3.63, 3.8) is 0 Å². The first kappa shape index (κ1) is 14.6. The summed E-state index contributed by atoms with van der Waals surface area (Å²) in [5, 5.41) is 7.23. The summed E-state index contributed by atoms with van der Waals surface area (Å²) in [4.78, 5) is 2.41. The van der Waals surface area contributed by atoms with Gasteiger partial charge in [0, 0.05) is 19.5 Å². The molecule has 0 amide bonds. The molecular weight excluding hydrogens is 250 g/mol. The molecule has 0 spiro atoms. The van der Waals surface area contributed by atoms with Crippen LogP contribution in [0, 0.1) is 5.41 Å². The minimum Gasteiger partial charge on any atom is -0.497 e. The maximum atomic E-state index is 7.23. The van der Waals surface area contributed by atoms with Crippen molar-refractivity contribution in [2.45, 2.75) is 19.3 Å². The van der Waals surface area contributed by atoms with Crippen LogP contribution in [0.5, 0.6) is 5.75 Å². The lowest BCUT2D eigenvalue weighted by Gasteiger charge is -2.26. The van der Waals surface area contributed by atoms with Gasteiger partial charge in [-0.15, -0.1) is 0 Å². The first-order valence-electron chi connectivity index (χ1n) is 7.08. The number of nitrogens with one attached hydrogen (secondary N) is 1. The summed E-state index contributed by atoms with van der Waals surface area (Å²) in [6.07, 6.45) is 5.05. The third-order valence-corrected chi connectivity index (χ3v) is 3.67. The van der Waals surface area contributed by atoms with Crippen molar-refractivity contribution in [3.8, 4) is 5.75 Å². The van der Waals surface area contributed by atoms with E-state index in [4.69, 9.17) is 15.9 Å². The molecule has 0 atom stereocenters. The average Bonchev–Trinajstić information content (AvgIpc) is 2.48. The van der Waals surface area contributed by atoms with Gasteiger partial charge in [-0.25, -0.2) is 0 Å². The highest BCUT2D eigenvalue weighted by atomic mass is 16.5. The molecule has 20 heavy (non-hydrogen) atoms. The number of hydrogen-bond donors (Lipinski definition) is 2. The van der Waals surface area contributed by atoms with Gasteiger partial charge in [0.05, 0.1) is 12.9 Å². The fraction of sp³-hybridized carbons (Fsp3) is 0.438. The number of rotatable bonds is 6. The van der Waals surface area contributed by atoms with Crippen molar-refractivity contribution >= 4 is 11.4 Å². The molecular formula is C16H23N3O. The molecule has 0 fully saturated rings. The van der Waals surface area contributed by atoms with E-state index in [1.165, 1.54) is 11.1 Å². The normalized spacial score (nSPS) is 15.8. The Morgan fingerprint density at radius 3 is 2.65 bits per heavy atom. The Kier molecular flexibility index (Phi) is 5.18. The molecule has 0 radical (unpaired) electrons. The molecule has 0 bridgehead atoms. The second kappa shape index (κ2) is 7.10. The van der Waals surface area contributed by atoms with Crippen LogP contribution in [0.15, 0.2) is 30.3 Å². The molecule has 1 aromatic carbocycles. The summed E-state index contributed by atoms with van der Waals surface area (Å²) in [5.74, 6) is 1.19. The van der Waals surface area contributed by atoms with Crippen LogP contribution >= 0.6 is 0 Å². The number of nitrogens with two attached hydrogens (primary N) is 1. The Hall–Kier alpha value is -1.81. The zero-order chi connectivity index (χ0) is 14.4. The quantitative estimate of drug-likeness (QED) is 0.618. The smallest absolute Gasteiger partial charge is 0.118 e. The Morgan fingerprint density at radius 2 is 2.10 bits per heavy atom. The SMILES string of the molecule is COc1ccc(C2=CCN(CCCC(=N)N)CC2)cc1. The molecule has 3 N–H and O–H groups in total. The lowest BCUT2D eigenvalue weighted by atomic mass is 9.99. The van der Waals surface area contributed by atoms with Crippen LogP contribution < -0.4 is 10.5 Å². The van der Waals surface area contributed by atoms with Gasteiger partial charge in [0.15, 0.2) is 0 Å². The molecule has 2 rings (SSSR count). The topological polar surface area (TPSA) is 62.3 Å². The Bertz CT molecular complexity index is 479. The summed E-state index contributed by atoms with van der Waals surface area (Å²) in [5.41, 5.74) is 8.07. The number of benzene rings is 1. The van der Waals surface area contributed by atoms with Crippen molar-refractivity contribution < 1.29 is 4.74 Å². The fourth-order valence-corrected chi connectivity index (χ4v) is 2.47. The Morgan fingerprint density at radius 1 is 1.35 bits per heavy atom. The van der Waals surface area contributed by atoms with Gasteiger partial charge in [-0.2, -0.15) is 0 Å². The molecule has 0 unspecified atom stereocenters. The predicted molar refractivity (Wildman–Crippen MR) is 83.2 cm³/mol. The van der Waals surface area contributed by atoms with E-state index in [9.17, 15) is 0 Å². The molecule has 0 saturated carbocycles. The highest BCUT2D eigenvalue weighted by Crippen LogP contribution is 2.24. The minimum atomic E-state index is 0.288. The molecule has 0 aliphatic carbocycles. The summed E-state index contributed by atoms with van der Waals surface area (Å²) < 4.78 is 5.18. The first-order chi connectivity index (χ1) is 9.69. The lowest BCUT2D eigenvalue weighted by molar-refractivity contribution is 0.300. The van der Waals surface area contributed by atoms with Crippen LogP contribution in [0.3, 0.4) is 0 Å². The van der Waals surface area contributed by atoms with E-state index in [1.807, 2.05) is 12.1 Å². The van der Waals surface area contributed by atoms with Crippen molar-refractivity contribution in [2.75, 3.05) is 26.7 Å². The molecule has 108 valence electrons. The van der Waals surface area contributed by atoms with Crippen molar-refractivity contribution in [1.29, 1.82) is 5.41 Å². The van der Waals surface area contributed by atoms with E-state index < -0.39 is 0 Å². The van der Waals surface area contributed by atoms with Gasteiger partial charge in [-0.1, -0.05) is 18.2 Å². The number of amidine groups is 1. The summed E-state index contributed by atoms with van der Waals surface area (Å²) in [6, 6.07) is 8.26. The Labute approximate surface area is 120 Å². The monoisotopic (exact) mass is 273 g/mol. The first-order valence-corrected chi connectivity index (χ1v) is 7.08. The minimum absolute atomic E-state index is 0.288. The molecule has 4 nitrogen and oxygen atoms in total. The van der Waals surface area contributed by atoms with E-state index in [0.717, 1.165) is 38.2 Å². The number of hydrogen-bond acceptors (Lipinski definition) is 3. The maximum Gasteiger partial charge on any atom is 0.118 e. The second-order valence-electron chi connectivity index (χ2n) is 5.14. The third kappa shape index (κ3) is 4.10. The lowest BCUT2D eigenvalue weighted by Crippen LogP contribution is -2.30. The zero-order valence-electron chi connectivity index (χ0n) is 12.1. The van der Waals surface area contributed by atoms with Gasteiger partial charge >= 0.3 is 0 Å². The van der Waals surface area contributed by atoms with E-state index in [1.54, 1.807) is 7.11 Å². The summed E-state index contributed by atoms with van der Waals surface area (Å²) in [7, 11) is 1.69. The number of methoxy groups -OCH3 is 1. The molecule has 4 heteroatoms. The van der Waals surface area contributed by atoms with Crippen LogP contribution in [-0.4, -0.2) is 37.5 Å². The molecule has 0 saturated heterocycles. The van der Waals surface area contributed by atoms with Crippen LogP contribution in [0.4, 0.5) is 0 Å². The summed E-state index contributed by atoms with van der Waals surface area (Å²) in [6.45, 7) is 3.08. The van der Waals surface area contributed by atoms with E-state index >= 15 is 0 Å². The van der Waals surface area contributed by atoms with Crippen LogP contribution in [-0.2, 0) is 0 Å². The Balaban J connectivity index is 1.86. The van der Waals surface area contributed by atoms with Gasteiger partial charge in [0.25, 0.3) is 0 Å². The van der Waals surface area contributed by atoms with Gasteiger partial charge in [-0.3, -0.25) is 10.3 Å². The van der Waals surface area contributed by atoms with Crippen LogP contribution in [0.25, 0.3) is 5.57 Å². The average molecular weight is 273 g/mol. The van der Waals surface area contributed by atoms with E-state index in [2.05, 4.69) is 23.1 Å². The maximum absolute atomic E-state index is 7.23. The molecule has 1 aliphatic rings. The van der Waals surface area contributed by atoms with Gasteiger partial charge in [0.2, 0.25) is 0 Å². The van der Waals surface area contributed by atoms with Gasteiger partial charge in [0.1, 0.15) is 5.75 Å². The molecule has 1 aliphatic heterocycles. The van der Waals surface area contributed by atoms with Crippen molar-refractivity contribution in [1.82, 2.24) is 4.90 Å². The highest BCUT2D eigenvalue weighted by molar-refractivity contribution is 5.76.